The van der Waals surface area contributed by atoms with Crippen LogP contribution in [0.15, 0.2) is 27.1 Å². The SMILES string of the molecule is CCNC(C)c1nnc(-c2ccc(Br)c(C)c2)o1. The van der Waals surface area contributed by atoms with Crippen LogP contribution in [0.2, 0.25) is 0 Å². The molecule has 1 aromatic heterocycles. The lowest BCUT2D eigenvalue weighted by atomic mass is 10.1. The van der Waals surface area contributed by atoms with E-state index in [1.165, 1.54) is 0 Å². The molecule has 1 N–H and O–H groups in total. The Bertz CT molecular complexity index is 539. The number of aromatic nitrogens is 2. The molecule has 2 aromatic rings. The van der Waals surface area contributed by atoms with Gasteiger partial charge in [-0.2, -0.15) is 0 Å². The second-order valence-electron chi connectivity index (χ2n) is 4.19. The van der Waals surface area contributed by atoms with Gasteiger partial charge in [-0.05, 0) is 44.2 Å². The molecular weight excluding hydrogens is 294 g/mol. The van der Waals surface area contributed by atoms with Crippen molar-refractivity contribution in [3.8, 4) is 11.5 Å². The Morgan fingerprint density at radius 2 is 2.17 bits per heavy atom. The summed E-state index contributed by atoms with van der Waals surface area (Å²) >= 11 is 3.47. The molecule has 18 heavy (non-hydrogen) atoms. The molecule has 0 fully saturated rings. The molecule has 4 nitrogen and oxygen atoms in total. The molecular formula is C13H16BrN3O. The third kappa shape index (κ3) is 2.79. The van der Waals surface area contributed by atoms with Crippen LogP contribution in [0.25, 0.3) is 11.5 Å². The van der Waals surface area contributed by atoms with Gasteiger partial charge in [0.2, 0.25) is 11.8 Å². The van der Waals surface area contributed by atoms with Gasteiger partial charge in [0.1, 0.15) is 0 Å². The second-order valence-corrected chi connectivity index (χ2v) is 5.04. The van der Waals surface area contributed by atoms with Gasteiger partial charge in [0.25, 0.3) is 0 Å². The molecule has 0 radical (unpaired) electrons. The van der Waals surface area contributed by atoms with Crippen LogP contribution in [0.1, 0.15) is 31.3 Å². The number of rotatable bonds is 4. The molecule has 2 rings (SSSR count). The van der Waals surface area contributed by atoms with Crippen LogP contribution in [0, 0.1) is 6.92 Å². The molecule has 1 unspecified atom stereocenters. The molecule has 0 spiro atoms. The first-order chi connectivity index (χ1) is 8.61. The highest BCUT2D eigenvalue weighted by molar-refractivity contribution is 9.10. The Morgan fingerprint density at radius 3 is 2.83 bits per heavy atom. The van der Waals surface area contributed by atoms with E-state index in [9.17, 15) is 0 Å². The van der Waals surface area contributed by atoms with E-state index >= 15 is 0 Å². The topological polar surface area (TPSA) is 51.0 Å². The van der Waals surface area contributed by atoms with E-state index in [2.05, 4.69) is 31.4 Å². The van der Waals surface area contributed by atoms with Gasteiger partial charge in [0.05, 0.1) is 6.04 Å². The number of halogens is 1. The van der Waals surface area contributed by atoms with Crippen molar-refractivity contribution in [3.05, 3.63) is 34.1 Å². The number of nitrogens with one attached hydrogen (secondary N) is 1. The smallest absolute Gasteiger partial charge is 0.247 e. The molecule has 96 valence electrons. The van der Waals surface area contributed by atoms with Gasteiger partial charge in [0.15, 0.2) is 0 Å². The van der Waals surface area contributed by atoms with Crippen LogP contribution in [0.4, 0.5) is 0 Å². The lowest BCUT2D eigenvalue weighted by molar-refractivity contribution is 0.429. The Kier molecular flexibility index (Phi) is 4.14. The molecule has 1 atom stereocenters. The zero-order valence-electron chi connectivity index (χ0n) is 10.7. The summed E-state index contributed by atoms with van der Waals surface area (Å²) in [6.45, 7) is 6.96. The number of benzene rings is 1. The molecule has 0 aliphatic heterocycles. The maximum atomic E-state index is 5.68. The molecule has 5 heteroatoms. The minimum Gasteiger partial charge on any atom is -0.419 e. The Morgan fingerprint density at radius 1 is 1.39 bits per heavy atom. The lowest BCUT2D eigenvalue weighted by Crippen LogP contribution is -2.17. The third-order valence-corrected chi connectivity index (χ3v) is 3.62. The normalized spacial score (nSPS) is 12.7. The zero-order valence-corrected chi connectivity index (χ0v) is 12.3. The van der Waals surface area contributed by atoms with Gasteiger partial charge < -0.3 is 9.73 Å². The van der Waals surface area contributed by atoms with Gasteiger partial charge in [-0.25, -0.2) is 0 Å². The third-order valence-electron chi connectivity index (χ3n) is 2.73. The van der Waals surface area contributed by atoms with Crippen molar-refractivity contribution in [3.63, 3.8) is 0 Å². The molecule has 0 saturated carbocycles. The zero-order chi connectivity index (χ0) is 13.1. The first kappa shape index (κ1) is 13.2. The molecule has 0 aliphatic rings. The van der Waals surface area contributed by atoms with Gasteiger partial charge in [-0.3, -0.25) is 0 Å². The van der Waals surface area contributed by atoms with Crippen LogP contribution >= 0.6 is 15.9 Å². The summed E-state index contributed by atoms with van der Waals surface area (Å²) in [6, 6.07) is 6.06. The predicted molar refractivity (Wildman–Crippen MR) is 74.3 cm³/mol. The highest BCUT2D eigenvalue weighted by atomic mass is 79.9. The minimum atomic E-state index is 0.0767. The van der Waals surface area contributed by atoms with E-state index in [-0.39, 0.29) is 6.04 Å². The first-order valence-corrected chi connectivity index (χ1v) is 6.74. The molecule has 1 heterocycles. The van der Waals surface area contributed by atoms with Crippen molar-refractivity contribution in [2.24, 2.45) is 0 Å². The van der Waals surface area contributed by atoms with Crippen LogP contribution < -0.4 is 5.32 Å². The fraction of sp³-hybridized carbons (Fsp3) is 0.385. The summed E-state index contributed by atoms with van der Waals surface area (Å²) in [7, 11) is 0. The Hall–Kier alpha value is -1.20. The fourth-order valence-electron chi connectivity index (χ4n) is 1.70. The van der Waals surface area contributed by atoms with Crippen LogP contribution in [0.5, 0.6) is 0 Å². The maximum Gasteiger partial charge on any atom is 0.247 e. The number of hydrogen-bond donors (Lipinski definition) is 1. The molecule has 0 amide bonds. The fourth-order valence-corrected chi connectivity index (χ4v) is 1.94. The van der Waals surface area contributed by atoms with Crippen molar-refractivity contribution in [1.29, 1.82) is 0 Å². The average Bonchev–Trinajstić information content (AvgIpc) is 2.82. The highest BCUT2D eigenvalue weighted by Crippen LogP contribution is 2.25. The lowest BCUT2D eigenvalue weighted by Gasteiger charge is -2.05. The molecule has 0 saturated heterocycles. The van der Waals surface area contributed by atoms with E-state index < -0.39 is 0 Å². The second kappa shape index (κ2) is 5.63. The summed E-state index contributed by atoms with van der Waals surface area (Å²) in [4.78, 5) is 0. The number of nitrogens with zero attached hydrogens (tertiary/aromatic N) is 2. The minimum absolute atomic E-state index is 0.0767. The molecule has 1 aromatic carbocycles. The van der Waals surface area contributed by atoms with Crippen LogP contribution in [-0.2, 0) is 0 Å². The number of aryl methyl sites for hydroxylation is 1. The summed E-state index contributed by atoms with van der Waals surface area (Å²) in [5.41, 5.74) is 2.09. The van der Waals surface area contributed by atoms with Crippen molar-refractivity contribution < 1.29 is 4.42 Å². The van der Waals surface area contributed by atoms with Gasteiger partial charge in [0, 0.05) is 10.0 Å². The first-order valence-electron chi connectivity index (χ1n) is 5.95. The van der Waals surface area contributed by atoms with E-state index in [1.54, 1.807) is 0 Å². The van der Waals surface area contributed by atoms with E-state index in [0.717, 1.165) is 22.1 Å². The van der Waals surface area contributed by atoms with Gasteiger partial charge in [-0.15, -0.1) is 10.2 Å². The van der Waals surface area contributed by atoms with Crippen molar-refractivity contribution in [1.82, 2.24) is 15.5 Å². The Labute approximate surface area is 115 Å². The quantitative estimate of drug-likeness (QED) is 0.939. The van der Waals surface area contributed by atoms with E-state index in [1.807, 2.05) is 39.0 Å². The number of hydrogen-bond acceptors (Lipinski definition) is 4. The largest absolute Gasteiger partial charge is 0.419 e. The monoisotopic (exact) mass is 309 g/mol. The van der Waals surface area contributed by atoms with Crippen LogP contribution in [0.3, 0.4) is 0 Å². The van der Waals surface area contributed by atoms with Crippen molar-refractivity contribution in [2.45, 2.75) is 26.8 Å². The van der Waals surface area contributed by atoms with Crippen molar-refractivity contribution >= 4 is 15.9 Å². The summed E-state index contributed by atoms with van der Waals surface area (Å²) in [5, 5.41) is 11.4. The predicted octanol–water partition coefficient (Wildman–Crippen LogP) is 3.48. The Balaban J connectivity index is 2.26. The van der Waals surface area contributed by atoms with E-state index in [4.69, 9.17) is 4.42 Å². The maximum absolute atomic E-state index is 5.68. The summed E-state index contributed by atoms with van der Waals surface area (Å²) in [5.74, 6) is 1.18. The molecule has 0 bridgehead atoms. The standard InChI is InChI=1S/C13H16BrN3O/c1-4-15-9(3)12-16-17-13(18-12)10-5-6-11(14)8(2)7-10/h5-7,9,15H,4H2,1-3H3. The van der Waals surface area contributed by atoms with Crippen LogP contribution in [-0.4, -0.2) is 16.7 Å². The molecule has 0 aliphatic carbocycles. The van der Waals surface area contributed by atoms with Crippen molar-refractivity contribution in [2.75, 3.05) is 6.54 Å². The van der Waals surface area contributed by atoms with E-state index in [0.29, 0.717) is 11.8 Å². The average molecular weight is 310 g/mol. The summed E-state index contributed by atoms with van der Waals surface area (Å²) in [6.07, 6.45) is 0. The van der Waals surface area contributed by atoms with Gasteiger partial charge >= 0.3 is 0 Å². The highest BCUT2D eigenvalue weighted by Gasteiger charge is 2.14. The van der Waals surface area contributed by atoms with Gasteiger partial charge in [-0.1, -0.05) is 22.9 Å². The summed E-state index contributed by atoms with van der Waals surface area (Å²) < 4.78 is 6.75.